The minimum absolute atomic E-state index is 0.228. The van der Waals surface area contributed by atoms with Crippen molar-refractivity contribution in [3.05, 3.63) is 41.0 Å². The fraction of sp³-hybridized carbons (Fsp3) is 0.478. The Morgan fingerprint density at radius 1 is 1.09 bits per heavy atom. The predicted molar refractivity (Wildman–Crippen MR) is 125 cm³/mol. The number of rotatable bonds is 5. The smallest absolute Gasteiger partial charge is 0.268 e. The van der Waals surface area contributed by atoms with E-state index in [0.717, 1.165) is 13.1 Å². The zero-order chi connectivity index (χ0) is 23.0. The van der Waals surface area contributed by atoms with Crippen LogP contribution >= 0.6 is 11.3 Å². The Balaban J connectivity index is 1.32. The highest BCUT2D eigenvalue weighted by molar-refractivity contribution is 7.89. The molecule has 0 radical (unpaired) electrons. The lowest BCUT2D eigenvalue weighted by Crippen LogP contribution is -2.52. The average molecular weight is 491 g/mol. The third-order valence-electron chi connectivity index (χ3n) is 6.57. The minimum Gasteiger partial charge on any atom is -0.333 e. The largest absolute Gasteiger partial charge is 0.333 e. The summed E-state index contributed by atoms with van der Waals surface area (Å²) in [6.07, 6.45) is 6.31. The first-order chi connectivity index (χ1) is 15.9. The van der Waals surface area contributed by atoms with Gasteiger partial charge in [-0.15, -0.1) is 11.3 Å². The number of sulfonamides is 1. The Morgan fingerprint density at radius 2 is 1.85 bits per heavy atom. The SMILES string of the molecule is Cc1sc(-c2nc(-c3cccc(F)c3)no2)cc1S(=O)(=O)N1CCN(C2CCCCC2)CC1. The maximum atomic E-state index is 13.5. The molecular weight excluding hydrogens is 463 g/mol. The van der Waals surface area contributed by atoms with Crippen molar-refractivity contribution in [2.45, 2.75) is 50.0 Å². The average Bonchev–Trinajstić information content (AvgIpc) is 3.47. The quantitative estimate of drug-likeness (QED) is 0.522. The first-order valence-electron chi connectivity index (χ1n) is 11.4. The van der Waals surface area contributed by atoms with Gasteiger partial charge in [-0.3, -0.25) is 4.90 Å². The lowest BCUT2D eigenvalue weighted by molar-refractivity contribution is 0.111. The third-order valence-corrected chi connectivity index (χ3v) is 9.77. The van der Waals surface area contributed by atoms with Gasteiger partial charge in [0.15, 0.2) is 0 Å². The van der Waals surface area contributed by atoms with Crippen molar-refractivity contribution in [3.63, 3.8) is 0 Å². The summed E-state index contributed by atoms with van der Waals surface area (Å²) < 4.78 is 47.3. The monoisotopic (exact) mass is 490 g/mol. The number of aryl methyl sites for hydroxylation is 1. The molecule has 176 valence electrons. The van der Waals surface area contributed by atoms with E-state index in [0.29, 0.717) is 39.3 Å². The molecule has 1 aliphatic heterocycles. The third kappa shape index (κ3) is 4.62. The topological polar surface area (TPSA) is 79.5 Å². The van der Waals surface area contributed by atoms with Gasteiger partial charge in [-0.05, 0) is 38.0 Å². The summed E-state index contributed by atoms with van der Waals surface area (Å²) in [5.74, 6) is 0.104. The molecule has 0 bridgehead atoms. The molecule has 1 saturated carbocycles. The fourth-order valence-corrected chi connectivity index (χ4v) is 7.69. The molecule has 0 atom stereocenters. The molecular formula is C23H27FN4O3S2. The van der Waals surface area contributed by atoms with Gasteiger partial charge < -0.3 is 4.52 Å². The standard InChI is InChI=1S/C23H27FN4O3S2/c1-16-21(33(29,30)28-12-10-27(11-13-28)19-8-3-2-4-9-19)15-20(32-16)23-25-22(26-31-23)17-6-5-7-18(24)14-17/h5-7,14-15,19H,2-4,8-13H2,1H3. The lowest BCUT2D eigenvalue weighted by Gasteiger charge is -2.40. The zero-order valence-corrected chi connectivity index (χ0v) is 20.2. The van der Waals surface area contributed by atoms with E-state index in [1.807, 2.05) is 0 Å². The van der Waals surface area contributed by atoms with E-state index in [1.165, 1.54) is 55.6 Å². The Morgan fingerprint density at radius 3 is 2.58 bits per heavy atom. The van der Waals surface area contributed by atoms with Gasteiger partial charge in [0.1, 0.15) is 5.82 Å². The summed E-state index contributed by atoms with van der Waals surface area (Å²) in [6.45, 7) is 4.37. The van der Waals surface area contributed by atoms with Crippen LogP contribution in [0.5, 0.6) is 0 Å². The highest BCUT2D eigenvalue weighted by Crippen LogP contribution is 2.35. The van der Waals surface area contributed by atoms with Crippen LogP contribution in [0, 0.1) is 12.7 Å². The Hall–Kier alpha value is -2.14. The molecule has 2 aliphatic rings. The summed E-state index contributed by atoms with van der Waals surface area (Å²) >= 11 is 1.31. The van der Waals surface area contributed by atoms with E-state index in [4.69, 9.17) is 4.52 Å². The van der Waals surface area contributed by atoms with Crippen molar-refractivity contribution in [1.29, 1.82) is 0 Å². The Kier molecular flexibility index (Phi) is 6.34. The first kappa shape index (κ1) is 22.6. The summed E-state index contributed by atoms with van der Waals surface area (Å²) in [4.78, 5) is 8.38. The van der Waals surface area contributed by atoms with Crippen molar-refractivity contribution in [2.24, 2.45) is 0 Å². The van der Waals surface area contributed by atoms with Gasteiger partial charge >= 0.3 is 0 Å². The van der Waals surface area contributed by atoms with Crippen LogP contribution in [0.15, 0.2) is 39.8 Å². The van der Waals surface area contributed by atoms with Gasteiger partial charge in [-0.25, -0.2) is 12.8 Å². The van der Waals surface area contributed by atoms with E-state index in [2.05, 4.69) is 15.0 Å². The first-order valence-corrected chi connectivity index (χ1v) is 13.6. The fourth-order valence-electron chi connectivity index (χ4n) is 4.79. The molecule has 0 amide bonds. The highest BCUT2D eigenvalue weighted by Gasteiger charge is 2.33. The van der Waals surface area contributed by atoms with Crippen LogP contribution < -0.4 is 0 Å². The second-order valence-electron chi connectivity index (χ2n) is 8.70. The second-order valence-corrected chi connectivity index (χ2v) is 11.9. The van der Waals surface area contributed by atoms with E-state index < -0.39 is 10.0 Å². The normalized spacial score (nSPS) is 19.2. The molecule has 3 aromatic rings. The summed E-state index contributed by atoms with van der Waals surface area (Å²) in [5, 5.41) is 3.94. The van der Waals surface area contributed by atoms with Crippen molar-refractivity contribution in [1.82, 2.24) is 19.3 Å². The molecule has 2 aromatic heterocycles. The molecule has 0 unspecified atom stereocenters. The molecule has 0 spiro atoms. The van der Waals surface area contributed by atoms with Crippen LogP contribution in [0.3, 0.4) is 0 Å². The van der Waals surface area contributed by atoms with Crippen LogP contribution in [0.2, 0.25) is 0 Å². The zero-order valence-electron chi connectivity index (χ0n) is 18.5. The van der Waals surface area contributed by atoms with E-state index >= 15 is 0 Å². The number of halogens is 1. The number of aromatic nitrogens is 2. The van der Waals surface area contributed by atoms with Gasteiger partial charge in [0.2, 0.25) is 15.8 Å². The van der Waals surface area contributed by atoms with Crippen molar-refractivity contribution < 1.29 is 17.3 Å². The molecule has 1 aromatic carbocycles. The maximum Gasteiger partial charge on any atom is 0.268 e. The molecule has 5 rings (SSSR count). The van der Waals surface area contributed by atoms with Crippen LogP contribution in [0.25, 0.3) is 22.2 Å². The van der Waals surface area contributed by atoms with Crippen molar-refractivity contribution in [2.75, 3.05) is 26.2 Å². The number of piperazine rings is 1. The molecule has 2 fully saturated rings. The van der Waals surface area contributed by atoms with Crippen LogP contribution in [0.1, 0.15) is 37.0 Å². The molecule has 10 heteroatoms. The van der Waals surface area contributed by atoms with E-state index in [9.17, 15) is 12.8 Å². The Labute approximate surface area is 197 Å². The van der Waals surface area contributed by atoms with Gasteiger partial charge in [0, 0.05) is 42.7 Å². The summed E-state index contributed by atoms with van der Waals surface area (Å²) in [5.41, 5.74) is 0.502. The molecule has 1 saturated heterocycles. The van der Waals surface area contributed by atoms with Crippen LogP contribution in [0.4, 0.5) is 4.39 Å². The lowest BCUT2D eigenvalue weighted by atomic mass is 9.94. The molecule has 33 heavy (non-hydrogen) atoms. The van der Waals surface area contributed by atoms with Crippen molar-refractivity contribution in [3.8, 4) is 22.2 Å². The summed E-state index contributed by atoms with van der Waals surface area (Å²) in [6, 6.07) is 8.17. The molecule has 1 aliphatic carbocycles. The number of thiophene rings is 1. The number of benzene rings is 1. The summed E-state index contributed by atoms with van der Waals surface area (Å²) in [7, 11) is -3.61. The van der Waals surface area contributed by atoms with Crippen molar-refractivity contribution >= 4 is 21.4 Å². The predicted octanol–water partition coefficient (Wildman–Crippen LogP) is 4.55. The molecule has 0 N–H and O–H groups in total. The molecule has 3 heterocycles. The second kappa shape index (κ2) is 9.25. The van der Waals surface area contributed by atoms with Gasteiger partial charge in [0.25, 0.3) is 5.89 Å². The highest BCUT2D eigenvalue weighted by atomic mass is 32.2. The molecule has 7 nitrogen and oxygen atoms in total. The van der Waals surface area contributed by atoms with Gasteiger partial charge in [-0.2, -0.15) is 9.29 Å². The minimum atomic E-state index is -3.61. The van der Waals surface area contributed by atoms with Gasteiger partial charge in [0.05, 0.1) is 9.77 Å². The Bertz CT molecular complexity index is 1230. The number of nitrogens with zero attached hydrogens (tertiary/aromatic N) is 4. The number of hydrogen-bond acceptors (Lipinski definition) is 7. The van der Waals surface area contributed by atoms with E-state index in [1.54, 1.807) is 29.4 Å². The maximum absolute atomic E-state index is 13.5. The van der Waals surface area contributed by atoms with E-state index in [-0.39, 0.29) is 17.5 Å². The van der Waals surface area contributed by atoms with Crippen LogP contribution in [-0.2, 0) is 10.0 Å². The number of hydrogen-bond donors (Lipinski definition) is 0. The van der Waals surface area contributed by atoms with Crippen LogP contribution in [-0.4, -0.2) is 60.0 Å². The van der Waals surface area contributed by atoms with Gasteiger partial charge in [-0.1, -0.05) is 36.6 Å².